The Balaban J connectivity index is 2.27. The van der Waals surface area contributed by atoms with Crippen molar-refractivity contribution in [3.63, 3.8) is 0 Å². The van der Waals surface area contributed by atoms with E-state index >= 15 is 0 Å². The molecule has 0 N–H and O–H groups in total. The van der Waals surface area contributed by atoms with E-state index in [4.69, 9.17) is 0 Å². The summed E-state index contributed by atoms with van der Waals surface area (Å²) >= 11 is 0. The zero-order valence-corrected chi connectivity index (χ0v) is 11.1. The van der Waals surface area contributed by atoms with Crippen LogP contribution in [0, 0.1) is 11.8 Å². The molecule has 0 nitrogen and oxygen atoms in total. The highest BCUT2D eigenvalue weighted by atomic mass is 14.4. The number of allylic oxidation sites excluding steroid dienone is 4. The SMILES string of the molecule is CC1C=C2C(=CC1C)C(C)(C)c1ccccc12. The molecule has 0 radical (unpaired) electrons. The first-order valence-electron chi connectivity index (χ1n) is 6.56. The van der Waals surface area contributed by atoms with Gasteiger partial charge < -0.3 is 0 Å². The van der Waals surface area contributed by atoms with Crippen LogP contribution in [0.3, 0.4) is 0 Å². The topological polar surface area (TPSA) is 0 Å². The molecule has 88 valence electrons. The summed E-state index contributed by atoms with van der Waals surface area (Å²) in [5.41, 5.74) is 6.12. The molecule has 2 aliphatic rings. The van der Waals surface area contributed by atoms with Crippen LogP contribution in [0.15, 0.2) is 42.0 Å². The minimum Gasteiger partial charge on any atom is -0.0764 e. The lowest BCUT2D eigenvalue weighted by molar-refractivity contribution is 0.536. The summed E-state index contributed by atoms with van der Waals surface area (Å²) in [6.45, 7) is 9.34. The lowest BCUT2D eigenvalue weighted by atomic mass is 9.76. The van der Waals surface area contributed by atoms with Crippen LogP contribution in [0.25, 0.3) is 5.57 Å². The Morgan fingerprint density at radius 2 is 1.59 bits per heavy atom. The highest BCUT2D eigenvalue weighted by molar-refractivity contribution is 5.90. The molecule has 0 spiro atoms. The lowest BCUT2D eigenvalue weighted by Crippen LogP contribution is -2.19. The molecule has 0 aliphatic heterocycles. The van der Waals surface area contributed by atoms with Crippen LogP contribution < -0.4 is 0 Å². The first-order valence-corrected chi connectivity index (χ1v) is 6.56. The van der Waals surface area contributed by atoms with Gasteiger partial charge in [0.1, 0.15) is 0 Å². The van der Waals surface area contributed by atoms with Crippen molar-refractivity contribution in [3.05, 3.63) is 53.1 Å². The predicted molar refractivity (Wildman–Crippen MR) is 73.9 cm³/mol. The maximum absolute atomic E-state index is 2.49. The summed E-state index contributed by atoms with van der Waals surface area (Å²) in [5, 5.41) is 0. The molecular formula is C17H20. The molecule has 0 saturated carbocycles. The number of rotatable bonds is 0. The highest BCUT2D eigenvalue weighted by Crippen LogP contribution is 2.52. The Morgan fingerprint density at radius 3 is 2.35 bits per heavy atom. The third kappa shape index (κ3) is 1.36. The van der Waals surface area contributed by atoms with Gasteiger partial charge in [-0.2, -0.15) is 0 Å². The van der Waals surface area contributed by atoms with Gasteiger partial charge in [-0.3, -0.25) is 0 Å². The molecule has 2 atom stereocenters. The van der Waals surface area contributed by atoms with E-state index in [1.54, 1.807) is 0 Å². The van der Waals surface area contributed by atoms with Gasteiger partial charge in [0, 0.05) is 5.41 Å². The molecule has 2 unspecified atom stereocenters. The third-order valence-corrected chi connectivity index (χ3v) is 4.54. The highest BCUT2D eigenvalue weighted by Gasteiger charge is 2.39. The smallest absolute Gasteiger partial charge is 0.0155 e. The Morgan fingerprint density at radius 1 is 0.941 bits per heavy atom. The Labute approximate surface area is 104 Å². The van der Waals surface area contributed by atoms with E-state index in [0.29, 0.717) is 11.8 Å². The van der Waals surface area contributed by atoms with Crippen LogP contribution in [-0.2, 0) is 5.41 Å². The van der Waals surface area contributed by atoms with E-state index in [0.717, 1.165) is 0 Å². The van der Waals surface area contributed by atoms with Gasteiger partial charge in [-0.1, -0.05) is 64.1 Å². The minimum atomic E-state index is 0.177. The second kappa shape index (κ2) is 3.35. The van der Waals surface area contributed by atoms with Gasteiger partial charge in [-0.15, -0.1) is 0 Å². The first kappa shape index (κ1) is 10.8. The van der Waals surface area contributed by atoms with Crippen molar-refractivity contribution in [3.8, 4) is 0 Å². The number of fused-ring (bicyclic) bond motifs is 3. The van der Waals surface area contributed by atoms with Crippen LogP contribution in [0.1, 0.15) is 38.8 Å². The fourth-order valence-corrected chi connectivity index (χ4v) is 3.20. The van der Waals surface area contributed by atoms with Crippen LogP contribution in [0.2, 0.25) is 0 Å². The summed E-state index contributed by atoms with van der Waals surface area (Å²) in [5.74, 6) is 1.30. The minimum absolute atomic E-state index is 0.177. The van der Waals surface area contributed by atoms with Crippen molar-refractivity contribution in [1.29, 1.82) is 0 Å². The molecule has 0 bridgehead atoms. The first-order chi connectivity index (χ1) is 8.01. The van der Waals surface area contributed by atoms with Gasteiger partial charge in [0.2, 0.25) is 0 Å². The molecule has 0 fully saturated rings. The van der Waals surface area contributed by atoms with E-state index in [-0.39, 0.29) is 5.41 Å². The van der Waals surface area contributed by atoms with Gasteiger partial charge >= 0.3 is 0 Å². The molecule has 2 aliphatic carbocycles. The van der Waals surface area contributed by atoms with Crippen LogP contribution in [-0.4, -0.2) is 0 Å². The van der Waals surface area contributed by atoms with Gasteiger partial charge in [-0.25, -0.2) is 0 Å². The van der Waals surface area contributed by atoms with E-state index in [1.807, 2.05) is 0 Å². The fourth-order valence-electron chi connectivity index (χ4n) is 3.20. The largest absolute Gasteiger partial charge is 0.0764 e. The maximum Gasteiger partial charge on any atom is 0.0155 e. The number of benzene rings is 1. The molecule has 1 aromatic carbocycles. The second-order valence-corrected chi connectivity index (χ2v) is 6.05. The van der Waals surface area contributed by atoms with Crippen LogP contribution >= 0.6 is 0 Å². The normalized spacial score (nSPS) is 29.2. The maximum atomic E-state index is 2.49. The zero-order valence-electron chi connectivity index (χ0n) is 11.1. The lowest BCUT2D eigenvalue weighted by Gasteiger charge is -2.28. The number of hydrogen-bond acceptors (Lipinski definition) is 0. The standard InChI is InChI=1S/C17H20/c1-11-9-14-13-7-5-6-8-15(13)17(3,4)16(14)10-12(11)2/h5-12H,1-4H3. The van der Waals surface area contributed by atoms with Crippen molar-refractivity contribution in [1.82, 2.24) is 0 Å². The molecule has 0 heteroatoms. The molecular weight excluding hydrogens is 204 g/mol. The van der Waals surface area contributed by atoms with Crippen molar-refractivity contribution in [2.24, 2.45) is 11.8 Å². The van der Waals surface area contributed by atoms with E-state index in [1.165, 1.54) is 22.3 Å². The summed E-state index contributed by atoms with van der Waals surface area (Å²) < 4.78 is 0. The van der Waals surface area contributed by atoms with Crippen molar-refractivity contribution in [2.45, 2.75) is 33.1 Å². The molecule has 0 aromatic heterocycles. The Bertz CT molecular complexity index is 529. The zero-order chi connectivity index (χ0) is 12.2. The van der Waals surface area contributed by atoms with Gasteiger partial charge in [-0.05, 0) is 34.1 Å². The molecule has 17 heavy (non-hydrogen) atoms. The van der Waals surface area contributed by atoms with E-state index < -0.39 is 0 Å². The van der Waals surface area contributed by atoms with Gasteiger partial charge in [0.15, 0.2) is 0 Å². The van der Waals surface area contributed by atoms with Crippen molar-refractivity contribution in [2.75, 3.05) is 0 Å². The molecule has 0 heterocycles. The Hall–Kier alpha value is -1.30. The average Bonchev–Trinajstić information content (AvgIpc) is 2.51. The summed E-state index contributed by atoms with van der Waals surface area (Å²) in [4.78, 5) is 0. The molecule has 3 rings (SSSR count). The van der Waals surface area contributed by atoms with E-state index in [9.17, 15) is 0 Å². The molecule has 1 aromatic rings. The predicted octanol–water partition coefficient (Wildman–Crippen LogP) is 4.57. The van der Waals surface area contributed by atoms with Crippen molar-refractivity contribution < 1.29 is 0 Å². The monoisotopic (exact) mass is 224 g/mol. The van der Waals surface area contributed by atoms with Gasteiger partial charge in [0.05, 0.1) is 0 Å². The molecule has 0 saturated heterocycles. The van der Waals surface area contributed by atoms with E-state index in [2.05, 4.69) is 64.1 Å². The number of hydrogen-bond donors (Lipinski definition) is 0. The third-order valence-electron chi connectivity index (χ3n) is 4.54. The Kier molecular flexibility index (Phi) is 2.13. The van der Waals surface area contributed by atoms with Gasteiger partial charge in [0.25, 0.3) is 0 Å². The average molecular weight is 224 g/mol. The summed E-state index contributed by atoms with van der Waals surface area (Å²) in [6.07, 6.45) is 4.95. The molecule has 0 amide bonds. The summed E-state index contributed by atoms with van der Waals surface area (Å²) in [6, 6.07) is 8.87. The quantitative estimate of drug-likeness (QED) is 0.605. The fraction of sp³-hybridized carbons (Fsp3) is 0.412. The second-order valence-electron chi connectivity index (χ2n) is 6.05. The van der Waals surface area contributed by atoms with Crippen LogP contribution in [0.5, 0.6) is 0 Å². The summed E-state index contributed by atoms with van der Waals surface area (Å²) in [7, 11) is 0. The van der Waals surface area contributed by atoms with Crippen LogP contribution in [0.4, 0.5) is 0 Å². The van der Waals surface area contributed by atoms with Crippen molar-refractivity contribution >= 4 is 5.57 Å².